The molecule has 0 aliphatic heterocycles. The molecule has 2 aromatic carbocycles. The van der Waals surface area contributed by atoms with Gasteiger partial charge in [-0.15, -0.1) is 0 Å². The van der Waals surface area contributed by atoms with Crippen LogP contribution in [0.1, 0.15) is 49.0 Å². The number of Topliss-reactive ketones (excluding diaryl/α,β-unsaturated/α-hetero) is 1. The minimum atomic E-state index is -0.0537. The minimum absolute atomic E-state index is 0.00248. The van der Waals surface area contributed by atoms with Crippen molar-refractivity contribution < 1.29 is 19.1 Å². The Labute approximate surface area is 200 Å². The number of benzene rings is 2. The number of para-hydroxylation sites is 2. The number of unbranched alkanes of at least 4 members (excludes halogenated alkanes) is 3. The number of pyridine rings is 1. The van der Waals surface area contributed by atoms with Crippen molar-refractivity contribution in [3.05, 3.63) is 66.5 Å². The molecule has 0 unspecified atom stereocenters. The molecule has 0 fully saturated rings. The Hall–Kier alpha value is -3.87. The van der Waals surface area contributed by atoms with Gasteiger partial charge in [-0.1, -0.05) is 37.1 Å². The number of ketones is 1. The van der Waals surface area contributed by atoms with Gasteiger partial charge in [0.15, 0.2) is 17.3 Å². The summed E-state index contributed by atoms with van der Waals surface area (Å²) in [6, 6.07) is 16.5. The number of aromatic nitrogens is 1. The second kappa shape index (κ2) is 12.4. The smallest absolute Gasteiger partial charge is 0.224 e. The lowest BCUT2D eigenvalue weighted by atomic mass is 9.98. The lowest BCUT2D eigenvalue weighted by molar-refractivity contribution is -0.116. The average molecular weight is 462 g/mol. The number of methoxy groups -OCH3 is 2. The molecule has 178 valence electrons. The van der Waals surface area contributed by atoms with Crippen LogP contribution < -0.4 is 20.5 Å². The number of amides is 1. The first-order chi connectivity index (χ1) is 16.5. The molecule has 0 aliphatic carbocycles. The van der Waals surface area contributed by atoms with Crippen molar-refractivity contribution in [1.82, 2.24) is 4.98 Å². The highest BCUT2D eigenvalue weighted by Crippen LogP contribution is 2.33. The van der Waals surface area contributed by atoms with E-state index in [-0.39, 0.29) is 11.7 Å². The van der Waals surface area contributed by atoms with Gasteiger partial charge in [0.2, 0.25) is 5.91 Å². The molecule has 3 rings (SSSR count). The van der Waals surface area contributed by atoms with Crippen molar-refractivity contribution in [2.45, 2.75) is 38.5 Å². The number of hydrogen-bond donors (Lipinski definition) is 2. The van der Waals surface area contributed by atoms with Gasteiger partial charge in [0.05, 0.1) is 25.6 Å². The third kappa shape index (κ3) is 6.57. The summed E-state index contributed by atoms with van der Waals surface area (Å²) in [7, 11) is 3.17. The second-order valence-corrected chi connectivity index (χ2v) is 7.94. The molecule has 0 aliphatic rings. The number of carbonyl (C=O) groups excluding carboxylic acids is 2. The van der Waals surface area contributed by atoms with Gasteiger partial charge in [0, 0.05) is 24.6 Å². The zero-order chi connectivity index (χ0) is 24.3. The number of hydrogen-bond acceptors (Lipinski definition) is 6. The Morgan fingerprint density at radius 1 is 0.882 bits per heavy atom. The Morgan fingerprint density at radius 3 is 2.35 bits per heavy atom. The fraction of sp³-hybridized carbons (Fsp3) is 0.296. The SMILES string of the molecule is COc1ccc(-c2cccnc2C(=O)CCCCCCC(=O)Nc2ccccc2N)cc1OC. The molecular formula is C27H31N3O4. The van der Waals surface area contributed by atoms with Crippen molar-refractivity contribution in [1.29, 1.82) is 0 Å². The molecule has 0 atom stereocenters. The Balaban J connectivity index is 1.48. The number of ether oxygens (including phenoxy) is 2. The van der Waals surface area contributed by atoms with Crippen molar-refractivity contribution >= 4 is 23.1 Å². The molecule has 0 saturated carbocycles. The molecule has 3 aromatic rings. The van der Waals surface area contributed by atoms with Crippen LogP contribution >= 0.6 is 0 Å². The van der Waals surface area contributed by atoms with Crippen LogP contribution in [0.4, 0.5) is 11.4 Å². The molecule has 7 nitrogen and oxygen atoms in total. The van der Waals surface area contributed by atoms with E-state index in [4.69, 9.17) is 15.2 Å². The van der Waals surface area contributed by atoms with Gasteiger partial charge in [-0.2, -0.15) is 0 Å². The predicted octanol–water partition coefficient (Wildman–Crippen LogP) is 5.51. The fourth-order valence-electron chi connectivity index (χ4n) is 3.73. The summed E-state index contributed by atoms with van der Waals surface area (Å²) in [6.45, 7) is 0. The van der Waals surface area contributed by atoms with Gasteiger partial charge in [-0.25, -0.2) is 0 Å². The van der Waals surface area contributed by atoms with Crippen molar-refractivity contribution in [2.24, 2.45) is 0 Å². The predicted molar refractivity (Wildman–Crippen MR) is 134 cm³/mol. The molecule has 0 spiro atoms. The number of nitrogens with zero attached hydrogens (tertiary/aromatic N) is 1. The molecule has 3 N–H and O–H groups in total. The molecule has 0 radical (unpaired) electrons. The maximum absolute atomic E-state index is 12.9. The van der Waals surface area contributed by atoms with Gasteiger partial charge < -0.3 is 20.5 Å². The average Bonchev–Trinajstić information content (AvgIpc) is 2.86. The lowest BCUT2D eigenvalue weighted by Gasteiger charge is -2.12. The number of nitrogen functional groups attached to an aromatic ring is 1. The third-order valence-corrected chi connectivity index (χ3v) is 5.56. The molecule has 7 heteroatoms. The lowest BCUT2D eigenvalue weighted by Crippen LogP contribution is -2.12. The molecule has 1 amide bonds. The maximum Gasteiger partial charge on any atom is 0.224 e. The normalized spacial score (nSPS) is 10.5. The summed E-state index contributed by atoms with van der Waals surface area (Å²) in [5, 5.41) is 2.83. The van der Waals surface area contributed by atoms with E-state index in [0.717, 1.165) is 36.8 Å². The van der Waals surface area contributed by atoms with Crippen molar-refractivity contribution in [3.63, 3.8) is 0 Å². The van der Waals surface area contributed by atoms with Gasteiger partial charge in [0.1, 0.15) is 5.69 Å². The first-order valence-electron chi connectivity index (χ1n) is 11.4. The minimum Gasteiger partial charge on any atom is -0.493 e. The number of nitrogens with one attached hydrogen (secondary N) is 1. The van der Waals surface area contributed by atoms with Crippen LogP contribution in [0.25, 0.3) is 11.1 Å². The van der Waals surface area contributed by atoms with Crippen molar-refractivity contribution in [2.75, 3.05) is 25.3 Å². The second-order valence-electron chi connectivity index (χ2n) is 7.94. The zero-order valence-corrected chi connectivity index (χ0v) is 19.7. The monoisotopic (exact) mass is 461 g/mol. The summed E-state index contributed by atoms with van der Waals surface area (Å²) in [5.41, 5.74) is 9.11. The van der Waals surface area contributed by atoms with E-state index in [0.29, 0.717) is 41.4 Å². The number of rotatable bonds is 12. The van der Waals surface area contributed by atoms with E-state index < -0.39 is 0 Å². The standard InChI is InChI=1S/C27H31N3O4/c1-33-24-16-15-19(18-25(24)34-2)20-10-9-17-29-27(20)23(31)13-5-3-4-6-14-26(32)30-22-12-8-7-11-21(22)28/h7-12,15-18H,3-6,13-14,28H2,1-2H3,(H,30,32). The Bertz CT molecular complexity index is 1130. The first-order valence-corrected chi connectivity index (χ1v) is 11.4. The Kier molecular flexibility index (Phi) is 9.03. The van der Waals surface area contributed by atoms with Crippen LogP contribution in [-0.4, -0.2) is 30.9 Å². The summed E-state index contributed by atoms with van der Waals surface area (Å²) < 4.78 is 10.7. The van der Waals surface area contributed by atoms with Crippen LogP contribution in [0.15, 0.2) is 60.8 Å². The molecule has 1 aromatic heterocycles. The van der Waals surface area contributed by atoms with E-state index in [2.05, 4.69) is 10.3 Å². The van der Waals surface area contributed by atoms with Crippen LogP contribution in [0, 0.1) is 0 Å². The molecule has 1 heterocycles. The summed E-state index contributed by atoms with van der Waals surface area (Å²) in [5.74, 6) is 1.18. The van der Waals surface area contributed by atoms with Crippen LogP contribution in [0.3, 0.4) is 0 Å². The van der Waals surface area contributed by atoms with E-state index in [9.17, 15) is 9.59 Å². The quantitative estimate of drug-likeness (QED) is 0.209. The number of nitrogens with two attached hydrogens (primary N) is 1. The fourth-order valence-corrected chi connectivity index (χ4v) is 3.73. The molecule has 34 heavy (non-hydrogen) atoms. The molecule has 0 bridgehead atoms. The summed E-state index contributed by atoms with van der Waals surface area (Å²) in [6.07, 6.45) is 5.70. The van der Waals surface area contributed by atoms with E-state index in [1.807, 2.05) is 42.5 Å². The van der Waals surface area contributed by atoms with Gasteiger partial charge in [-0.3, -0.25) is 14.6 Å². The van der Waals surface area contributed by atoms with E-state index in [1.165, 1.54) is 0 Å². The molecule has 0 saturated heterocycles. The van der Waals surface area contributed by atoms with Gasteiger partial charge >= 0.3 is 0 Å². The maximum atomic E-state index is 12.9. The van der Waals surface area contributed by atoms with E-state index >= 15 is 0 Å². The highest BCUT2D eigenvalue weighted by molar-refractivity contribution is 6.00. The van der Waals surface area contributed by atoms with Crippen LogP contribution in [0.5, 0.6) is 11.5 Å². The highest BCUT2D eigenvalue weighted by atomic mass is 16.5. The van der Waals surface area contributed by atoms with Crippen LogP contribution in [-0.2, 0) is 4.79 Å². The van der Waals surface area contributed by atoms with Crippen LogP contribution in [0.2, 0.25) is 0 Å². The van der Waals surface area contributed by atoms with Crippen molar-refractivity contribution in [3.8, 4) is 22.6 Å². The highest BCUT2D eigenvalue weighted by Gasteiger charge is 2.16. The van der Waals surface area contributed by atoms with E-state index in [1.54, 1.807) is 32.5 Å². The van der Waals surface area contributed by atoms with Gasteiger partial charge in [-0.05, 0) is 48.7 Å². The molecular weight excluding hydrogens is 430 g/mol. The number of anilines is 2. The topological polar surface area (TPSA) is 104 Å². The van der Waals surface area contributed by atoms with Gasteiger partial charge in [0.25, 0.3) is 0 Å². The Morgan fingerprint density at radius 2 is 1.62 bits per heavy atom. The number of carbonyl (C=O) groups is 2. The zero-order valence-electron chi connectivity index (χ0n) is 19.7. The summed E-state index contributed by atoms with van der Waals surface area (Å²) in [4.78, 5) is 29.4. The first kappa shape index (κ1) is 24.8. The largest absolute Gasteiger partial charge is 0.493 e. The summed E-state index contributed by atoms with van der Waals surface area (Å²) >= 11 is 0. The third-order valence-electron chi connectivity index (χ3n) is 5.56.